The van der Waals surface area contributed by atoms with Crippen molar-refractivity contribution >= 4 is 17.5 Å². The number of amides is 2. The number of nitrogens with zero attached hydrogens (tertiary/aromatic N) is 3. The first-order valence-electron chi connectivity index (χ1n) is 9.08. The van der Waals surface area contributed by atoms with Crippen LogP contribution in [0.25, 0.3) is 0 Å². The average molecular weight is 345 g/mol. The number of anilines is 1. The second kappa shape index (κ2) is 7.54. The van der Waals surface area contributed by atoms with Gasteiger partial charge in [0, 0.05) is 51.8 Å². The molecular weight excluding hydrogens is 318 g/mol. The molecule has 2 aliphatic heterocycles. The number of hydrogen-bond acceptors (Lipinski definition) is 4. The zero-order valence-electron chi connectivity index (χ0n) is 15.0. The van der Waals surface area contributed by atoms with Crippen molar-refractivity contribution in [2.75, 3.05) is 37.6 Å². The molecular formula is C19H27N3O3. The molecule has 0 unspecified atom stereocenters. The number of para-hydroxylation sites is 1. The number of aliphatic hydroxyl groups excluding tert-OH is 1. The van der Waals surface area contributed by atoms with Crippen molar-refractivity contribution in [2.45, 2.75) is 38.8 Å². The van der Waals surface area contributed by atoms with Gasteiger partial charge in [-0.05, 0) is 18.1 Å². The van der Waals surface area contributed by atoms with Crippen molar-refractivity contribution < 1.29 is 14.7 Å². The number of fused-ring (bicyclic) bond motifs is 1. The summed E-state index contributed by atoms with van der Waals surface area (Å²) in [4.78, 5) is 30.9. The Morgan fingerprint density at radius 3 is 2.52 bits per heavy atom. The minimum Gasteiger partial charge on any atom is -0.392 e. The van der Waals surface area contributed by atoms with Gasteiger partial charge in [-0.1, -0.05) is 25.1 Å². The predicted octanol–water partition coefficient (Wildman–Crippen LogP) is 0.879. The summed E-state index contributed by atoms with van der Waals surface area (Å²) in [5.41, 5.74) is 1.92. The van der Waals surface area contributed by atoms with E-state index in [-0.39, 0.29) is 17.9 Å². The summed E-state index contributed by atoms with van der Waals surface area (Å²) >= 11 is 0. The lowest BCUT2D eigenvalue weighted by molar-refractivity contribution is -0.135. The number of rotatable bonds is 4. The molecule has 0 bridgehead atoms. The fraction of sp³-hybridized carbons (Fsp3) is 0.579. The molecule has 0 radical (unpaired) electrons. The van der Waals surface area contributed by atoms with Crippen molar-refractivity contribution in [3.8, 4) is 0 Å². The maximum atomic E-state index is 13.0. The van der Waals surface area contributed by atoms with Crippen LogP contribution >= 0.6 is 0 Å². The Morgan fingerprint density at radius 2 is 1.88 bits per heavy atom. The van der Waals surface area contributed by atoms with Crippen LogP contribution in [0.5, 0.6) is 0 Å². The Bertz CT molecular complexity index is 641. The summed E-state index contributed by atoms with van der Waals surface area (Å²) in [5, 5.41) is 9.79. The highest BCUT2D eigenvalue weighted by Gasteiger charge is 2.39. The average Bonchev–Trinajstić information content (AvgIpc) is 3.01. The first-order chi connectivity index (χ1) is 12.0. The van der Waals surface area contributed by atoms with Gasteiger partial charge in [-0.2, -0.15) is 0 Å². The van der Waals surface area contributed by atoms with Crippen LogP contribution in [0.1, 0.15) is 25.8 Å². The van der Waals surface area contributed by atoms with Crippen molar-refractivity contribution in [1.29, 1.82) is 0 Å². The van der Waals surface area contributed by atoms with E-state index in [1.54, 1.807) is 4.90 Å². The van der Waals surface area contributed by atoms with Gasteiger partial charge in [0.05, 0.1) is 6.10 Å². The van der Waals surface area contributed by atoms with Gasteiger partial charge in [0.25, 0.3) is 0 Å². The number of benzene rings is 1. The minimum atomic E-state index is -0.428. The van der Waals surface area contributed by atoms with E-state index < -0.39 is 6.04 Å². The van der Waals surface area contributed by atoms with Crippen LogP contribution < -0.4 is 4.90 Å². The second-order valence-electron chi connectivity index (χ2n) is 6.93. The largest absolute Gasteiger partial charge is 0.392 e. The van der Waals surface area contributed by atoms with Gasteiger partial charge in [0.1, 0.15) is 6.04 Å². The maximum Gasteiger partial charge on any atom is 0.246 e. The third kappa shape index (κ3) is 3.70. The zero-order valence-corrected chi connectivity index (χ0v) is 15.0. The van der Waals surface area contributed by atoms with Crippen molar-refractivity contribution in [3.05, 3.63) is 29.8 Å². The van der Waals surface area contributed by atoms with Crippen molar-refractivity contribution in [3.63, 3.8) is 0 Å². The molecule has 1 aromatic carbocycles. The number of carbonyl (C=O) groups is 2. The van der Waals surface area contributed by atoms with E-state index in [1.165, 1.54) is 6.92 Å². The Kier molecular flexibility index (Phi) is 5.39. The van der Waals surface area contributed by atoms with E-state index in [9.17, 15) is 14.7 Å². The molecule has 25 heavy (non-hydrogen) atoms. The molecule has 6 heteroatoms. The van der Waals surface area contributed by atoms with E-state index in [4.69, 9.17) is 0 Å². The van der Waals surface area contributed by atoms with Crippen LogP contribution in [0.4, 0.5) is 5.69 Å². The van der Waals surface area contributed by atoms with E-state index in [0.717, 1.165) is 30.8 Å². The number of carbonyl (C=O) groups excluding carboxylic acids is 2. The number of piperazine rings is 1. The second-order valence-corrected chi connectivity index (χ2v) is 6.93. The molecule has 0 spiro atoms. The Hall–Kier alpha value is -1.92. The monoisotopic (exact) mass is 345 g/mol. The molecule has 2 atom stereocenters. The van der Waals surface area contributed by atoms with Crippen LogP contribution in [0, 0.1) is 0 Å². The SMILES string of the molecule is CC[C@H](O)CN1CCN(C(=O)[C@@H]2Cc3ccccc3N2C(C)=O)CC1. The molecule has 0 saturated carbocycles. The van der Waals surface area contributed by atoms with E-state index >= 15 is 0 Å². The topological polar surface area (TPSA) is 64.1 Å². The number of hydrogen-bond donors (Lipinski definition) is 1. The molecule has 136 valence electrons. The van der Waals surface area contributed by atoms with Crippen LogP contribution in [0.3, 0.4) is 0 Å². The summed E-state index contributed by atoms with van der Waals surface area (Å²) in [5.74, 6) is -0.0601. The summed E-state index contributed by atoms with van der Waals surface area (Å²) in [6.07, 6.45) is 1.02. The minimum absolute atomic E-state index is 0.0297. The molecule has 1 fully saturated rings. The standard InChI is InChI=1S/C19H27N3O3/c1-3-16(24)13-20-8-10-21(11-9-20)19(25)18-12-15-6-4-5-7-17(15)22(18)14(2)23/h4-7,16,18,24H,3,8-13H2,1-2H3/t16-,18-/m0/s1. The van der Waals surface area contributed by atoms with Gasteiger partial charge in [0.15, 0.2) is 0 Å². The molecule has 0 aliphatic carbocycles. The predicted molar refractivity (Wildman–Crippen MR) is 96.4 cm³/mol. The Morgan fingerprint density at radius 1 is 1.20 bits per heavy atom. The number of aliphatic hydroxyl groups is 1. The highest BCUT2D eigenvalue weighted by atomic mass is 16.3. The van der Waals surface area contributed by atoms with Gasteiger partial charge in [0.2, 0.25) is 11.8 Å². The Balaban J connectivity index is 1.65. The third-order valence-corrected chi connectivity index (χ3v) is 5.22. The highest BCUT2D eigenvalue weighted by molar-refractivity contribution is 6.02. The van der Waals surface area contributed by atoms with E-state index in [1.807, 2.05) is 36.1 Å². The quantitative estimate of drug-likeness (QED) is 0.880. The van der Waals surface area contributed by atoms with Gasteiger partial charge >= 0.3 is 0 Å². The molecule has 3 rings (SSSR count). The molecule has 2 amide bonds. The molecule has 6 nitrogen and oxygen atoms in total. The Labute approximate surface area is 149 Å². The normalized spacial score (nSPS) is 22.0. The lowest BCUT2D eigenvalue weighted by atomic mass is 10.1. The van der Waals surface area contributed by atoms with Gasteiger partial charge in [-0.25, -0.2) is 0 Å². The summed E-state index contributed by atoms with van der Waals surface area (Å²) in [7, 11) is 0. The fourth-order valence-corrected chi connectivity index (χ4v) is 3.76. The molecule has 2 aliphatic rings. The van der Waals surface area contributed by atoms with E-state index in [2.05, 4.69) is 4.90 Å². The molecule has 1 aromatic rings. The van der Waals surface area contributed by atoms with E-state index in [0.29, 0.717) is 26.1 Å². The lowest BCUT2D eigenvalue weighted by Gasteiger charge is -2.37. The zero-order chi connectivity index (χ0) is 18.0. The van der Waals surface area contributed by atoms with Crippen molar-refractivity contribution in [1.82, 2.24) is 9.80 Å². The smallest absolute Gasteiger partial charge is 0.246 e. The summed E-state index contributed by atoms with van der Waals surface area (Å²) in [6, 6.07) is 7.32. The first-order valence-corrected chi connectivity index (χ1v) is 9.08. The maximum absolute atomic E-state index is 13.0. The molecule has 0 aromatic heterocycles. The molecule has 1 saturated heterocycles. The summed E-state index contributed by atoms with van der Waals surface area (Å²) < 4.78 is 0. The molecule has 1 N–H and O–H groups in total. The van der Waals surface area contributed by atoms with Crippen molar-refractivity contribution in [2.24, 2.45) is 0 Å². The van der Waals surface area contributed by atoms with Crippen LogP contribution in [-0.2, 0) is 16.0 Å². The number of β-amino-alcohol motifs (C(OH)–C–C–N with tert-alkyl or cyclic N) is 1. The fourth-order valence-electron chi connectivity index (χ4n) is 3.76. The summed E-state index contributed by atoms with van der Waals surface area (Å²) in [6.45, 7) is 6.98. The van der Waals surface area contributed by atoms with Crippen LogP contribution in [0.15, 0.2) is 24.3 Å². The lowest BCUT2D eigenvalue weighted by Crippen LogP contribution is -2.55. The third-order valence-electron chi connectivity index (χ3n) is 5.22. The molecule has 2 heterocycles. The first kappa shape index (κ1) is 17.9. The van der Waals surface area contributed by atoms with Gasteiger partial charge in [-0.15, -0.1) is 0 Å². The van der Waals surface area contributed by atoms with Gasteiger partial charge < -0.3 is 10.0 Å². The van der Waals surface area contributed by atoms with Crippen LogP contribution in [-0.4, -0.2) is 71.6 Å². The highest BCUT2D eigenvalue weighted by Crippen LogP contribution is 2.33. The van der Waals surface area contributed by atoms with Crippen LogP contribution in [0.2, 0.25) is 0 Å². The van der Waals surface area contributed by atoms with Gasteiger partial charge in [-0.3, -0.25) is 19.4 Å².